The number of carbonyl (C=O) groups is 2. The molecular formula is C11H20N2O3. The lowest BCUT2D eigenvalue weighted by atomic mass is 10.1. The molecule has 1 fully saturated rings. The second-order valence-electron chi connectivity index (χ2n) is 4.92. The number of amides is 2. The van der Waals surface area contributed by atoms with Gasteiger partial charge in [0.05, 0.1) is 0 Å². The van der Waals surface area contributed by atoms with Crippen LogP contribution in [0, 0.1) is 5.92 Å². The van der Waals surface area contributed by atoms with E-state index in [4.69, 9.17) is 5.11 Å². The summed E-state index contributed by atoms with van der Waals surface area (Å²) in [5.41, 5.74) is -1.22. The van der Waals surface area contributed by atoms with Crippen LogP contribution in [0.15, 0.2) is 0 Å². The number of nitrogens with one attached hydrogen (secondary N) is 2. The SMILES string of the molecule is CC(C)(NC(=O)NCC1CCCC1)C(=O)O. The highest BCUT2D eigenvalue weighted by atomic mass is 16.4. The van der Waals surface area contributed by atoms with Gasteiger partial charge in [-0.2, -0.15) is 0 Å². The molecule has 5 nitrogen and oxygen atoms in total. The Kier molecular flexibility index (Phi) is 4.15. The number of hydrogen-bond acceptors (Lipinski definition) is 2. The summed E-state index contributed by atoms with van der Waals surface area (Å²) in [4.78, 5) is 22.2. The van der Waals surface area contributed by atoms with E-state index >= 15 is 0 Å². The Hall–Kier alpha value is -1.26. The van der Waals surface area contributed by atoms with Crippen molar-refractivity contribution in [3.63, 3.8) is 0 Å². The van der Waals surface area contributed by atoms with Crippen LogP contribution in [-0.2, 0) is 4.79 Å². The fourth-order valence-electron chi connectivity index (χ4n) is 1.83. The van der Waals surface area contributed by atoms with Gasteiger partial charge in [0, 0.05) is 6.54 Å². The average molecular weight is 228 g/mol. The van der Waals surface area contributed by atoms with Gasteiger partial charge < -0.3 is 15.7 Å². The van der Waals surface area contributed by atoms with Gasteiger partial charge in [-0.1, -0.05) is 12.8 Å². The van der Waals surface area contributed by atoms with E-state index in [1.165, 1.54) is 26.7 Å². The molecule has 1 rings (SSSR count). The second kappa shape index (κ2) is 5.18. The molecule has 0 atom stereocenters. The van der Waals surface area contributed by atoms with Gasteiger partial charge in [-0.25, -0.2) is 9.59 Å². The third kappa shape index (κ3) is 3.72. The predicted octanol–water partition coefficient (Wildman–Crippen LogP) is 1.34. The molecule has 0 aromatic carbocycles. The van der Waals surface area contributed by atoms with Gasteiger partial charge in [-0.15, -0.1) is 0 Å². The molecule has 0 heterocycles. The highest BCUT2D eigenvalue weighted by Gasteiger charge is 2.29. The largest absolute Gasteiger partial charge is 0.480 e. The Bertz CT molecular complexity index is 270. The lowest BCUT2D eigenvalue weighted by molar-refractivity contribution is -0.142. The molecule has 3 N–H and O–H groups in total. The van der Waals surface area contributed by atoms with Crippen LogP contribution in [0.2, 0.25) is 0 Å². The molecule has 0 bridgehead atoms. The Balaban J connectivity index is 2.27. The lowest BCUT2D eigenvalue weighted by Gasteiger charge is -2.21. The summed E-state index contributed by atoms with van der Waals surface area (Å²) >= 11 is 0. The maximum absolute atomic E-state index is 11.4. The molecule has 5 heteroatoms. The average Bonchev–Trinajstić information content (AvgIpc) is 2.66. The zero-order valence-corrected chi connectivity index (χ0v) is 9.88. The number of aliphatic carboxylic acids is 1. The van der Waals surface area contributed by atoms with Crippen LogP contribution in [-0.4, -0.2) is 29.2 Å². The van der Waals surface area contributed by atoms with Crippen molar-refractivity contribution in [1.29, 1.82) is 0 Å². The third-order valence-corrected chi connectivity index (χ3v) is 2.99. The molecule has 16 heavy (non-hydrogen) atoms. The van der Waals surface area contributed by atoms with E-state index in [0.29, 0.717) is 12.5 Å². The van der Waals surface area contributed by atoms with Gasteiger partial charge in [0.25, 0.3) is 0 Å². The number of carboxylic acid groups (broad SMARTS) is 1. The second-order valence-corrected chi connectivity index (χ2v) is 4.92. The van der Waals surface area contributed by atoms with Crippen LogP contribution in [0.5, 0.6) is 0 Å². The summed E-state index contributed by atoms with van der Waals surface area (Å²) in [7, 11) is 0. The fourth-order valence-corrected chi connectivity index (χ4v) is 1.83. The van der Waals surface area contributed by atoms with E-state index in [1.807, 2.05) is 0 Å². The van der Waals surface area contributed by atoms with Crippen molar-refractivity contribution < 1.29 is 14.7 Å². The standard InChI is InChI=1S/C11H20N2O3/c1-11(2,9(14)15)13-10(16)12-7-8-5-3-4-6-8/h8H,3-7H2,1-2H3,(H,14,15)(H2,12,13,16). The van der Waals surface area contributed by atoms with Gasteiger partial charge in [-0.05, 0) is 32.6 Å². The molecule has 1 aliphatic carbocycles. The topological polar surface area (TPSA) is 78.4 Å². The summed E-state index contributed by atoms with van der Waals surface area (Å²) in [6.45, 7) is 3.57. The summed E-state index contributed by atoms with van der Waals surface area (Å²) in [6.07, 6.45) is 4.77. The first-order valence-electron chi connectivity index (χ1n) is 5.71. The van der Waals surface area contributed by atoms with Crippen LogP contribution in [0.4, 0.5) is 4.79 Å². The summed E-state index contributed by atoms with van der Waals surface area (Å²) in [5, 5.41) is 14.0. The minimum absolute atomic E-state index is 0.403. The summed E-state index contributed by atoms with van der Waals surface area (Å²) in [6, 6.07) is -0.403. The minimum atomic E-state index is -1.22. The molecule has 0 saturated heterocycles. The first-order chi connectivity index (χ1) is 7.42. The first-order valence-corrected chi connectivity index (χ1v) is 5.71. The monoisotopic (exact) mass is 228 g/mol. The van der Waals surface area contributed by atoms with Crippen LogP contribution in [0.25, 0.3) is 0 Å². The van der Waals surface area contributed by atoms with Crippen molar-refractivity contribution >= 4 is 12.0 Å². The molecule has 92 valence electrons. The van der Waals surface area contributed by atoms with Crippen molar-refractivity contribution in [3.05, 3.63) is 0 Å². The van der Waals surface area contributed by atoms with Crippen molar-refractivity contribution in [2.24, 2.45) is 5.92 Å². The number of urea groups is 1. The Morgan fingerprint density at radius 3 is 2.38 bits per heavy atom. The number of rotatable bonds is 4. The maximum Gasteiger partial charge on any atom is 0.328 e. The summed E-state index contributed by atoms with van der Waals surface area (Å²) in [5.74, 6) is -0.484. The van der Waals surface area contributed by atoms with Gasteiger partial charge >= 0.3 is 12.0 Å². The molecule has 0 spiro atoms. The van der Waals surface area contributed by atoms with Crippen molar-refractivity contribution in [3.8, 4) is 0 Å². The van der Waals surface area contributed by atoms with E-state index in [2.05, 4.69) is 10.6 Å². The number of carbonyl (C=O) groups excluding carboxylic acids is 1. The molecule has 0 aromatic heterocycles. The summed E-state index contributed by atoms with van der Waals surface area (Å²) < 4.78 is 0. The molecule has 0 radical (unpaired) electrons. The molecule has 0 aliphatic heterocycles. The van der Waals surface area contributed by atoms with Gasteiger partial charge in [0.1, 0.15) is 5.54 Å². The molecule has 1 saturated carbocycles. The molecule has 1 aliphatic rings. The fraction of sp³-hybridized carbons (Fsp3) is 0.818. The number of carboxylic acids is 1. The van der Waals surface area contributed by atoms with E-state index in [9.17, 15) is 9.59 Å². The highest BCUT2D eigenvalue weighted by molar-refractivity contribution is 5.85. The normalized spacial score (nSPS) is 17.1. The molecular weight excluding hydrogens is 208 g/mol. The minimum Gasteiger partial charge on any atom is -0.480 e. The van der Waals surface area contributed by atoms with Crippen molar-refractivity contribution in [2.75, 3.05) is 6.54 Å². The Labute approximate surface area is 95.6 Å². The van der Waals surface area contributed by atoms with Gasteiger partial charge in [-0.3, -0.25) is 0 Å². The van der Waals surface area contributed by atoms with Crippen LogP contribution >= 0.6 is 0 Å². The Morgan fingerprint density at radius 2 is 1.88 bits per heavy atom. The zero-order valence-electron chi connectivity index (χ0n) is 9.88. The molecule has 0 aromatic rings. The lowest BCUT2D eigenvalue weighted by Crippen LogP contribution is -2.53. The van der Waals surface area contributed by atoms with Gasteiger partial charge in [0.15, 0.2) is 0 Å². The van der Waals surface area contributed by atoms with Gasteiger partial charge in [0.2, 0.25) is 0 Å². The van der Waals surface area contributed by atoms with Crippen LogP contribution < -0.4 is 10.6 Å². The van der Waals surface area contributed by atoms with Crippen LogP contribution in [0.3, 0.4) is 0 Å². The third-order valence-electron chi connectivity index (χ3n) is 2.99. The molecule has 2 amide bonds. The Morgan fingerprint density at radius 1 is 1.31 bits per heavy atom. The quantitative estimate of drug-likeness (QED) is 0.679. The predicted molar refractivity (Wildman–Crippen MR) is 60.2 cm³/mol. The molecule has 0 unspecified atom stereocenters. The van der Waals surface area contributed by atoms with Crippen molar-refractivity contribution in [2.45, 2.75) is 45.1 Å². The zero-order chi connectivity index (χ0) is 12.2. The maximum atomic E-state index is 11.4. The highest BCUT2D eigenvalue weighted by Crippen LogP contribution is 2.23. The van der Waals surface area contributed by atoms with Crippen LogP contribution in [0.1, 0.15) is 39.5 Å². The number of hydrogen-bond donors (Lipinski definition) is 3. The first kappa shape index (κ1) is 12.8. The van der Waals surface area contributed by atoms with E-state index in [0.717, 1.165) is 12.8 Å². The van der Waals surface area contributed by atoms with Crippen molar-refractivity contribution in [1.82, 2.24) is 10.6 Å². The van der Waals surface area contributed by atoms with E-state index in [-0.39, 0.29) is 0 Å². The smallest absolute Gasteiger partial charge is 0.328 e. The van der Waals surface area contributed by atoms with E-state index < -0.39 is 17.5 Å². The van der Waals surface area contributed by atoms with E-state index in [1.54, 1.807) is 0 Å².